The topological polar surface area (TPSA) is 52.9 Å². The number of carbonyl (C=O) groups excluding carboxylic acids is 1. The molecule has 0 spiro atoms. The highest BCUT2D eigenvalue weighted by atomic mass is 16.1. The molecule has 88 valence electrons. The van der Waals surface area contributed by atoms with Gasteiger partial charge in [-0.2, -0.15) is 5.26 Å². The van der Waals surface area contributed by atoms with Crippen LogP contribution < -0.4 is 5.32 Å². The van der Waals surface area contributed by atoms with Crippen LogP contribution in [0.2, 0.25) is 0 Å². The summed E-state index contributed by atoms with van der Waals surface area (Å²) in [6, 6.07) is 8.82. The summed E-state index contributed by atoms with van der Waals surface area (Å²) in [5.74, 6) is 0.826. The molecule has 0 saturated heterocycles. The summed E-state index contributed by atoms with van der Waals surface area (Å²) in [4.78, 5) is 11.8. The lowest BCUT2D eigenvalue weighted by Gasteiger charge is -2.04. The molecule has 17 heavy (non-hydrogen) atoms. The number of rotatable bonds is 5. The fraction of sp³-hybridized carbons (Fsp3) is 0.429. The second-order valence-electron chi connectivity index (χ2n) is 4.53. The first-order chi connectivity index (χ1) is 8.29. The van der Waals surface area contributed by atoms with E-state index in [2.05, 4.69) is 5.32 Å². The normalized spacial score (nSPS) is 14.1. The Kier molecular flexibility index (Phi) is 3.77. The van der Waals surface area contributed by atoms with Crippen LogP contribution in [0.4, 0.5) is 0 Å². The van der Waals surface area contributed by atoms with Crippen molar-refractivity contribution in [3.8, 4) is 6.07 Å². The SMILES string of the molecule is N#Cc1cccc(C(=O)NCCCC2CC2)c1. The first-order valence-corrected chi connectivity index (χ1v) is 6.08. The van der Waals surface area contributed by atoms with Crippen LogP contribution in [-0.4, -0.2) is 12.5 Å². The Morgan fingerprint density at radius 3 is 3.00 bits per heavy atom. The molecule has 0 bridgehead atoms. The van der Waals surface area contributed by atoms with Crippen LogP contribution in [0.1, 0.15) is 41.6 Å². The Hall–Kier alpha value is -1.82. The Morgan fingerprint density at radius 2 is 2.29 bits per heavy atom. The minimum Gasteiger partial charge on any atom is -0.352 e. The van der Waals surface area contributed by atoms with E-state index in [1.165, 1.54) is 19.3 Å². The predicted octanol–water partition coefficient (Wildman–Crippen LogP) is 2.48. The van der Waals surface area contributed by atoms with Crippen LogP contribution in [0.25, 0.3) is 0 Å². The molecule has 1 saturated carbocycles. The summed E-state index contributed by atoms with van der Waals surface area (Å²) in [7, 11) is 0. The highest BCUT2D eigenvalue weighted by molar-refractivity contribution is 5.94. The largest absolute Gasteiger partial charge is 0.352 e. The molecular weight excluding hydrogens is 212 g/mol. The van der Waals surface area contributed by atoms with Crippen molar-refractivity contribution in [1.82, 2.24) is 5.32 Å². The third kappa shape index (κ3) is 3.60. The Morgan fingerprint density at radius 1 is 1.47 bits per heavy atom. The van der Waals surface area contributed by atoms with Gasteiger partial charge in [-0.25, -0.2) is 0 Å². The van der Waals surface area contributed by atoms with E-state index in [0.717, 1.165) is 18.9 Å². The number of hydrogen-bond donors (Lipinski definition) is 1. The maximum absolute atomic E-state index is 11.8. The van der Waals surface area contributed by atoms with Gasteiger partial charge in [0.15, 0.2) is 0 Å². The van der Waals surface area contributed by atoms with Crippen LogP contribution in [0.15, 0.2) is 24.3 Å². The zero-order valence-electron chi connectivity index (χ0n) is 9.78. The quantitative estimate of drug-likeness (QED) is 0.787. The third-order valence-corrected chi connectivity index (χ3v) is 3.03. The van der Waals surface area contributed by atoms with E-state index in [0.29, 0.717) is 11.1 Å². The minimum atomic E-state index is -0.0853. The molecule has 1 amide bonds. The highest BCUT2D eigenvalue weighted by Crippen LogP contribution is 2.33. The second kappa shape index (κ2) is 5.49. The molecule has 1 aromatic carbocycles. The molecule has 3 nitrogen and oxygen atoms in total. The zero-order chi connectivity index (χ0) is 12.1. The van der Waals surface area contributed by atoms with E-state index >= 15 is 0 Å². The monoisotopic (exact) mass is 228 g/mol. The van der Waals surface area contributed by atoms with E-state index in [4.69, 9.17) is 5.26 Å². The average Bonchev–Trinajstić information content (AvgIpc) is 3.18. The van der Waals surface area contributed by atoms with Gasteiger partial charge in [0.1, 0.15) is 0 Å². The number of nitriles is 1. The number of nitrogens with one attached hydrogen (secondary N) is 1. The molecule has 1 fully saturated rings. The minimum absolute atomic E-state index is 0.0853. The fourth-order valence-corrected chi connectivity index (χ4v) is 1.83. The Bertz CT molecular complexity index is 444. The van der Waals surface area contributed by atoms with Gasteiger partial charge < -0.3 is 5.32 Å². The number of carbonyl (C=O) groups is 1. The summed E-state index contributed by atoms with van der Waals surface area (Å²) in [6.45, 7) is 0.728. The smallest absolute Gasteiger partial charge is 0.251 e. The summed E-state index contributed by atoms with van der Waals surface area (Å²) >= 11 is 0. The molecule has 0 radical (unpaired) electrons. The molecule has 1 N–H and O–H groups in total. The zero-order valence-corrected chi connectivity index (χ0v) is 9.78. The molecule has 0 heterocycles. The lowest BCUT2D eigenvalue weighted by Crippen LogP contribution is -2.24. The van der Waals surface area contributed by atoms with E-state index < -0.39 is 0 Å². The predicted molar refractivity (Wildman–Crippen MR) is 65.4 cm³/mol. The molecule has 1 aliphatic rings. The lowest BCUT2D eigenvalue weighted by atomic mass is 10.1. The fourth-order valence-electron chi connectivity index (χ4n) is 1.83. The molecule has 0 unspecified atom stereocenters. The van der Waals surface area contributed by atoms with Gasteiger partial charge >= 0.3 is 0 Å². The maximum Gasteiger partial charge on any atom is 0.251 e. The average molecular weight is 228 g/mol. The molecule has 1 aromatic rings. The van der Waals surface area contributed by atoms with Crippen molar-refractivity contribution >= 4 is 5.91 Å². The van der Waals surface area contributed by atoms with Crippen LogP contribution >= 0.6 is 0 Å². The second-order valence-corrected chi connectivity index (χ2v) is 4.53. The number of hydrogen-bond acceptors (Lipinski definition) is 2. The summed E-state index contributed by atoms with van der Waals surface area (Å²) in [5.41, 5.74) is 1.09. The summed E-state index contributed by atoms with van der Waals surface area (Å²) in [6.07, 6.45) is 4.99. The molecule has 0 atom stereocenters. The van der Waals surface area contributed by atoms with Gasteiger partial charge in [-0.05, 0) is 37.0 Å². The van der Waals surface area contributed by atoms with Crippen molar-refractivity contribution in [2.45, 2.75) is 25.7 Å². The summed E-state index contributed by atoms with van der Waals surface area (Å²) < 4.78 is 0. The Balaban J connectivity index is 1.79. The van der Waals surface area contributed by atoms with Crippen molar-refractivity contribution in [3.05, 3.63) is 35.4 Å². The summed E-state index contributed by atoms with van der Waals surface area (Å²) in [5, 5.41) is 11.6. The molecule has 0 aliphatic heterocycles. The van der Waals surface area contributed by atoms with Crippen molar-refractivity contribution in [2.75, 3.05) is 6.54 Å². The molecule has 3 heteroatoms. The third-order valence-electron chi connectivity index (χ3n) is 3.03. The highest BCUT2D eigenvalue weighted by Gasteiger charge is 2.20. The molecular formula is C14H16N2O. The van der Waals surface area contributed by atoms with Gasteiger partial charge in [-0.1, -0.05) is 18.9 Å². The standard InChI is InChI=1S/C14H16N2O/c15-10-12-3-1-5-13(9-12)14(17)16-8-2-4-11-6-7-11/h1,3,5,9,11H,2,4,6-8H2,(H,16,17). The van der Waals surface area contributed by atoms with Crippen LogP contribution in [0.5, 0.6) is 0 Å². The maximum atomic E-state index is 11.8. The molecule has 1 aliphatic carbocycles. The van der Waals surface area contributed by atoms with Crippen molar-refractivity contribution in [1.29, 1.82) is 5.26 Å². The van der Waals surface area contributed by atoms with E-state index in [1.54, 1.807) is 24.3 Å². The van der Waals surface area contributed by atoms with Crippen LogP contribution in [-0.2, 0) is 0 Å². The number of amides is 1. The van der Waals surface area contributed by atoms with Gasteiger partial charge in [0, 0.05) is 12.1 Å². The van der Waals surface area contributed by atoms with Gasteiger partial charge in [0.05, 0.1) is 11.6 Å². The van der Waals surface area contributed by atoms with Gasteiger partial charge in [0.2, 0.25) is 0 Å². The van der Waals surface area contributed by atoms with E-state index in [1.807, 2.05) is 6.07 Å². The van der Waals surface area contributed by atoms with Gasteiger partial charge in [-0.15, -0.1) is 0 Å². The van der Waals surface area contributed by atoms with Crippen LogP contribution in [0, 0.1) is 17.2 Å². The molecule has 0 aromatic heterocycles. The first-order valence-electron chi connectivity index (χ1n) is 6.08. The van der Waals surface area contributed by atoms with Crippen molar-refractivity contribution in [3.63, 3.8) is 0 Å². The number of benzene rings is 1. The lowest BCUT2D eigenvalue weighted by molar-refractivity contribution is 0.0953. The number of nitrogens with zero attached hydrogens (tertiary/aromatic N) is 1. The van der Waals surface area contributed by atoms with Gasteiger partial charge in [0.25, 0.3) is 5.91 Å². The van der Waals surface area contributed by atoms with Crippen LogP contribution in [0.3, 0.4) is 0 Å². The molecule has 2 rings (SSSR count). The van der Waals surface area contributed by atoms with E-state index in [-0.39, 0.29) is 5.91 Å². The van der Waals surface area contributed by atoms with Crippen molar-refractivity contribution < 1.29 is 4.79 Å². The first kappa shape index (κ1) is 11.7. The van der Waals surface area contributed by atoms with E-state index in [9.17, 15) is 4.79 Å². The van der Waals surface area contributed by atoms with Crippen molar-refractivity contribution in [2.24, 2.45) is 5.92 Å². The Labute approximate surface area is 101 Å². The van der Waals surface area contributed by atoms with Gasteiger partial charge in [-0.3, -0.25) is 4.79 Å².